The molecule has 0 aromatic heterocycles. The molecule has 1 atom stereocenters. The van der Waals surface area contributed by atoms with Crippen LogP contribution in [0.5, 0.6) is 0 Å². The summed E-state index contributed by atoms with van der Waals surface area (Å²) in [6.07, 6.45) is 0. The SMILES string of the molecule is CC(C)C1CNCCN1CC(C)(C)C(C)C. The Kier molecular flexibility index (Phi) is 4.81. The molecule has 0 spiro atoms. The molecule has 0 aromatic rings. The van der Waals surface area contributed by atoms with Crippen molar-refractivity contribution in [1.29, 1.82) is 0 Å². The van der Waals surface area contributed by atoms with Crippen molar-refractivity contribution >= 4 is 0 Å². The van der Waals surface area contributed by atoms with Crippen molar-refractivity contribution in [2.45, 2.75) is 47.6 Å². The summed E-state index contributed by atoms with van der Waals surface area (Å²) in [5, 5.41) is 3.52. The standard InChI is InChI=1S/C14H30N2/c1-11(2)13-9-15-7-8-16(13)10-14(5,6)12(3)4/h11-13,15H,7-10H2,1-6H3. The van der Waals surface area contributed by atoms with E-state index in [9.17, 15) is 0 Å². The number of hydrogen-bond donors (Lipinski definition) is 1. The molecule has 0 amide bonds. The van der Waals surface area contributed by atoms with Gasteiger partial charge >= 0.3 is 0 Å². The molecule has 0 aliphatic carbocycles. The number of nitrogens with zero attached hydrogens (tertiary/aromatic N) is 1. The van der Waals surface area contributed by atoms with Crippen LogP contribution in [-0.2, 0) is 0 Å². The molecule has 0 aromatic carbocycles. The van der Waals surface area contributed by atoms with Gasteiger partial charge in [0.25, 0.3) is 0 Å². The fourth-order valence-corrected chi connectivity index (χ4v) is 2.33. The summed E-state index contributed by atoms with van der Waals surface area (Å²) >= 11 is 0. The molecule has 0 saturated carbocycles. The molecule has 2 nitrogen and oxygen atoms in total. The third kappa shape index (κ3) is 3.46. The van der Waals surface area contributed by atoms with E-state index >= 15 is 0 Å². The monoisotopic (exact) mass is 226 g/mol. The van der Waals surface area contributed by atoms with Crippen LogP contribution in [0, 0.1) is 17.3 Å². The topological polar surface area (TPSA) is 15.3 Å². The highest BCUT2D eigenvalue weighted by Gasteiger charge is 2.31. The van der Waals surface area contributed by atoms with Crippen LogP contribution in [0.1, 0.15) is 41.5 Å². The summed E-state index contributed by atoms with van der Waals surface area (Å²) in [6, 6.07) is 0.715. The Hall–Kier alpha value is -0.0800. The molecule has 1 saturated heterocycles. The average Bonchev–Trinajstić information content (AvgIpc) is 2.17. The van der Waals surface area contributed by atoms with Gasteiger partial charge < -0.3 is 5.32 Å². The lowest BCUT2D eigenvalue weighted by atomic mass is 9.80. The number of rotatable bonds is 4. The van der Waals surface area contributed by atoms with Crippen LogP contribution < -0.4 is 5.32 Å². The van der Waals surface area contributed by atoms with Gasteiger partial charge in [0.2, 0.25) is 0 Å². The largest absolute Gasteiger partial charge is 0.314 e. The molecule has 1 heterocycles. The van der Waals surface area contributed by atoms with Crippen molar-refractivity contribution in [3.63, 3.8) is 0 Å². The highest BCUT2D eigenvalue weighted by Crippen LogP contribution is 2.29. The first-order valence-electron chi connectivity index (χ1n) is 6.79. The van der Waals surface area contributed by atoms with E-state index in [0.717, 1.165) is 24.9 Å². The van der Waals surface area contributed by atoms with Crippen LogP contribution in [0.4, 0.5) is 0 Å². The Bertz CT molecular complexity index is 209. The highest BCUT2D eigenvalue weighted by molar-refractivity contribution is 4.86. The van der Waals surface area contributed by atoms with E-state index < -0.39 is 0 Å². The van der Waals surface area contributed by atoms with Crippen LogP contribution in [-0.4, -0.2) is 37.1 Å². The van der Waals surface area contributed by atoms with Crippen molar-refractivity contribution in [1.82, 2.24) is 10.2 Å². The van der Waals surface area contributed by atoms with Crippen LogP contribution in [0.15, 0.2) is 0 Å². The van der Waals surface area contributed by atoms with Gasteiger partial charge in [0.05, 0.1) is 0 Å². The third-order valence-corrected chi connectivity index (χ3v) is 4.34. The van der Waals surface area contributed by atoms with Gasteiger partial charge in [-0.25, -0.2) is 0 Å². The molecular weight excluding hydrogens is 196 g/mol. The Balaban J connectivity index is 2.62. The molecule has 96 valence electrons. The molecule has 1 N–H and O–H groups in total. The summed E-state index contributed by atoms with van der Waals surface area (Å²) in [5.74, 6) is 1.49. The zero-order chi connectivity index (χ0) is 12.3. The lowest BCUT2D eigenvalue weighted by molar-refractivity contribution is 0.0606. The van der Waals surface area contributed by atoms with E-state index in [2.05, 4.69) is 51.8 Å². The van der Waals surface area contributed by atoms with E-state index in [1.54, 1.807) is 0 Å². The molecular formula is C14H30N2. The van der Waals surface area contributed by atoms with Crippen LogP contribution in [0.25, 0.3) is 0 Å². The van der Waals surface area contributed by atoms with E-state index in [1.807, 2.05) is 0 Å². The van der Waals surface area contributed by atoms with Gasteiger partial charge in [0.15, 0.2) is 0 Å². The van der Waals surface area contributed by atoms with Crippen molar-refractivity contribution in [3.05, 3.63) is 0 Å². The van der Waals surface area contributed by atoms with E-state index in [1.165, 1.54) is 13.1 Å². The second-order valence-electron chi connectivity index (χ2n) is 6.63. The summed E-state index contributed by atoms with van der Waals surface area (Å²) in [4.78, 5) is 2.70. The maximum absolute atomic E-state index is 3.52. The molecule has 1 fully saturated rings. The molecule has 1 aliphatic rings. The van der Waals surface area contributed by atoms with Gasteiger partial charge in [0.1, 0.15) is 0 Å². The number of nitrogens with one attached hydrogen (secondary N) is 1. The molecule has 2 heteroatoms. The van der Waals surface area contributed by atoms with Crippen molar-refractivity contribution in [3.8, 4) is 0 Å². The van der Waals surface area contributed by atoms with Gasteiger partial charge in [-0.2, -0.15) is 0 Å². The van der Waals surface area contributed by atoms with Crippen molar-refractivity contribution in [2.75, 3.05) is 26.2 Å². The Morgan fingerprint density at radius 2 is 1.88 bits per heavy atom. The first-order valence-corrected chi connectivity index (χ1v) is 6.79. The number of hydrogen-bond acceptors (Lipinski definition) is 2. The Labute approximate surface area is 102 Å². The normalized spacial score (nSPS) is 24.4. The van der Waals surface area contributed by atoms with Crippen molar-refractivity contribution < 1.29 is 0 Å². The van der Waals surface area contributed by atoms with E-state index in [-0.39, 0.29) is 0 Å². The summed E-state index contributed by atoms with van der Waals surface area (Å²) in [5.41, 5.74) is 0.421. The summed E-state index contributed by atoms with van der Waals surface area (Å²) in [6.45, 7) is 18.9. The van der Waals surface area contributed by atoms with Crippen LogP contribution >= 0.6 is 0 Å². The van der Waals surface area contributed by atoms with E-state index in [0.29, 0.717) is 11.5 Å². The van der Waals surface area contributed by atoms with Gasteiger partial charge in [-0.15, -0.1) is 0 Å². The maximum Gasteiger partial charge on any atom is 0.0244 e. The zero-order valence-electron chi connectivity index (χ0n) is 12.0. The minimum Gasteiger partial charge on any atom is -0.314 e. The molecule has 1 unspecified atom stereocenters. The fraction of sp³-hybridized carbons (Fsp3) is 1.00. The summed E-state index contributed by atoms with van der Waals surface area (Å²) < 4.78 is 0. The first kappa shape index (κ1) is 14.0. The summed E-state index contributed by atoms with van der Waals surface area (Å²) in [7, 11) is 0. The van der Waals surface area contributed by atoms with Gasteiger partial charge in [-0.1, -0.05) is 41.5 Å². The second-order valence-corrected chi connectivity index (χ2v) is 6.63. The molecule has 0 radical (unpaired) electrons. The van der Waals surface area contributed by atoms with Gasteiger partial charge in [-0.3, -0.25) is 4.90 Å². The van der Waals surface area contributed by atoms with Crippen molar-refractivity contribution in [2.24, 2.45) is 17.3 Å². The lowest BCUT2D eigenvalue weighted by Gasteiger charge is -2.44. The highest BCUT2D eigenvalue weighted by atomic mass is 15.2. The van der Waals surface area contributed by atoms with Crippen LogP contribution in [0.3, 0.4) is 0 Å². The smallest absolute Gasteiger partial charge is 0.0244 e. The second kappa shape index (κ2) is 5.50. The zero-order valence-corrected chi connectivity index (χ0v) is 12.0. The molecule has 1 aliphatic heterocycles. The first-order chi connectivity index (χ1) is 7.34. The minimum absolute atomic E-state index is 0.421. The number of piperazine rings is 1. The Morgan fingerprint density at radius 3 is 2.38 bits per heavy atom. The average molecular weight is 226 g/mol. The van der Waals surface area contributed by atoms with Gasteiger partial charge in [-0.05, 0) is 17.3 Å². The molecule has 1 rings (SSSR count). The Morgan fingerprint density at radius 1 is 1.25 bits per heavy atom. The van der Waals surface area contributed by atoms with Crippen LogP contribution in [0.2, 0.25) is 0 Å². The fourth-order valence-electron chi connectivity index (χ4n) is 2.33. The lowest BCUT2D eigenvalue weighted by Crippen LogP contribution is -2.56. The predicted molar refractivity (Wildman–Crippen MR) is 71.7 cm³/mol. The van der Waals surface area contributed by atoms with Gasteiger partial charge in [0, 0.05) is 32.2 Å². The predicted octanol–water partition coefficient (Wildman–Crippen LogP) is 2.60. The molecule has 16 heavy (non-hydrogen) atoms. The quantitative estimate of drug-likeness (QED) is 0.792. The maximum atomic E-state index is 3.52. The van der Waals surface area contributed by atoms with E-state index in [4.69, 9.17) is 0 Å². The molecule has 0 bridgehead atoms. The third-order valence-electron chi connectivity index (χ3n) is 4.34. The minimum atomic E-state index is 0.421.